The molecule has 0 unspecified atom stereocenters. The zero-order valence-electron chi connectivity index (χ0n) is 8.18. The van der Waals surface area contributed by atoms with Crippen molar-refractivity contribution in [2.75, 3.05) is 0 Å². The lowest BCUT2D eigenvalue weighted by atomic mass is 10.0. The summed E-state index contributed by atoms with van der Waals surface area (Å²) >= 11 is 5.89. The summed E-state index contributed by atoms with van der Waals surface area (Å²) in [4.78, 5) is 9.95. The number of alkyl halides is 1. The average Bonchev–Trinajstić information content (AvgIpc) is 2.64. The van der Waals surface area contributed by atoms with Crippen LogP contribution in [-0.2, 0) is 23.8 Å². The zero-order valence-corrected chi connectivity index (χ0v) is 8.93. The molecule has 1 aromatic rings. The highest BCUT2D eigenvalue weighted by Crippen LogP contribution is 2.30. The van der Waals surface area contributed by atoms with Crippen molar-refractivity contribution < 1.29 is 9.78 Å². The van der Waals surface area contributed by atoms with Crippen LogP contribution in [0.25, 0.3) is 0 Å². The lowest BCUT2D eigenvalue weighted by Gasteiger charge is -2.07. The Morgan fingerprint density at radius 1 is 1.36 bits per heavy atom. The molecule has 3 heteroatoms. The van der Waals surface area contributed by atoms with Crippen molar-refractivity contribution in [2.24, 2.45) is 0 Å². The number of benzene rings is 1. The molecule has 2 nitrogen and oxygen atoms in total. The van der Waals surface area contributed by atoms with Crippen LogP contribution in [0.1, 0.15) is 30.0 Å². The molecule has 0 bridgehead atoms. The maximum atomic E-state index is 5.89. The molecule has 0 spiro atoms. The number of aryl methyl sites for hydroxylation is 1. The summed E-state index contributed by atoms with van der Waals surface area (Å²) in [5, 5.41) is 0. The second kappa shape index (κ2) is 4.20. The SMILES string of the molecule is CCCc1cc2c(cc1CCl)COO2. The van der Waals surface area contributed by atoms with E-state index >= 15 is 0 Å². The van der Waals surface area contributed by atoms with Gasteiger partial charge in [-0.25, -0.2) is 0 Å². The number of hydrogen-bond donors (Lipinski definition) is 0. The molecule has 0 amide bonds. The highest BCUT2D eigenvalue weighted by molar-refractivity contribution is 6.17. The highest BCUT2D eigenvalue weighted by atomic mass is 35.5. The molecule has 0 saturated heterocycles. The average molecular weight is 213 g/mol. The lowest BCUT2D eigenvalue weighted by Crippen LogP contribution is -1.93. The first kappa shape index (κ1) is 9.81. The summed E-state index contributed by atoms with van der Waals surface area (Å²) in [7, 11) is 0. The van der Waals surface area contributed by atoms with Crippen LogP contribution in [0, 0.1) is 0 Å². The van der Waals surface area contributed by atoms with Crippen LogP contribution in [0.15, 0.2) is 12.1 Å². The van der Waals surface area contributed by atoms with Crippen LogP contribution in [0.5, 0.6) is 5.75 Å². The monoisotopic (exact) mass is 212 g/mol. The number of fused-ring (bicyclic) bond motifs is 1. The van der Waals surface area contributed by atoms with E-state index in [2.05, 4.69) is 13.0 Å². The van der Waals surface area contributed by atoms with E-state index in [9.17, 15) is 0 Å². The van der Waals surface area contributed by atoms with Crippen LogP contribution in [0.2, 0.25) is 0 Å². The fraction of sp³-hybridized carbons (Fsp3) is 0.455. The van der Waals surface area contributed by atoms with Crippen molar-refractivity contribution in [1.29, 1.82) is 0 Å². The Morgan fingerprint density at radius 3 is 2.93 bits per heavy atom. The van der Waals surface area contributed by atoms with Crippen LogP contribution in [0.3, 0.4) is 0 Å². The Morgan fingerprint density at radius 2 is 2.21 bits per heavy atom. The van der Waals surface area contributed by atoms with Gasteiger partial charge in [0, 0.05) is 11.4 Å². The second-order valence-electron chi connectivity index (χ2n) is 3.46. The van der Waals surface area contributed by atoms with Crippen LogP contribution < -0.4 is 4.89 Å². The van der Waals surface area contributed by atoms with Gasteiger partial charge in [-0.3, -0.25) is 0 Å². The van der Waals surface area contributed by atoms with E-state index in [4.69, 9.17) is 21.4 Å². The van der Waals surface area contributed by atoms with E-state index in [0.29, 0.717) is 12.5 Å². The molecule has 1 heterocycles. The molecule has 1 aliphatic rings. The number of halogens is 1. The van der Waals surface area contributed by atoms with Gasteiger partial charge < -0.3 is 4.89 Å². The number of rotatable bonds is 3. The first-order valence-corrected chi connectivity index (χ1v) is 5.38. The summed E-state index contributed by atoms with van der Waals surface area (Å²) in [5.74, 6) is 1.41. The quantitative estimate of drug-likeness (QED) is 0.566. The normalized spacial score (nSPS) is 13.9. The second-order valence-corrected chi connectivity index (χ2v) is 3.73. The molecular formula is C11H13ClO2. The largest absolute Gasteiger partial charge is 0.337 e. The van der Waals surface area contributed by atoms with Crippen LogP contribution >= 0.6 is 11.6 Å². The summed E-state index contributed by atoms with van der Waals surface area (Å²) in [5.41, 5.74) is 3.56. The minimum Gasteiger partial charge on any atom is -0.337 e. The van der Waals surface area contributed by atoms with Crippen LogP contribution in [0.4, 0.5) is 0 Å². The van der Waals surface area contributed by atoms with Gasteiger partial charge in [-0.05, 0) is 29.7 Å². The van der Waals surface area contributed by atoms with Crippen molar-refractivity contribution in [3.05, 3.63) is 28.8 Å². The summed E-state index contributed by atoms with van der Waals surface area (Å²) in [6.07, 6.45) is 2.15. The molecule has 1 aromatic carbocycles. The van der Waals surface area contributed by atoms with Crippen LogP contribution in [-0.4, -0.2) is 0 Å². The maximum absolute atomic E-state index is 5.89. The summed E-state index contributed by atoms with van der Waals surface area (Å²) in [6.45, 7) is 2.69. The third-order valence-corrected chi connectivity index (χ3v) is 2.70. The number of hydrogen-bond acceptors (Lipinski definition) is 2. The van der Waals surface area contributed by atoms with Crippen molar-refractivity contribution >= 4 is 11.6 Å². The van der Waals surface area contributed by atoms with E-state index in [1.807, 2.05) is 6.07 Å². The molecule has 76 valence electrons. The third-order valence-electron chi connectivity index (χ3n) is 2.41. The fourth-order valence-electron chi connectivity index (χ4n) is 1.69. The van der Waals surface area contributed by atoms with Gasteiger partial charge in [0.1, 0.15) is 6.61 Å². The highest BCUT2D eigenvalue weighted by Gasteiger charge is 2.16. The van der Waals surface area contributed by atoms with Gasteiger partial charge in [-0.15, -0.1) is 11.6 Å². The third kappa shape index (κ3) is 1.72. The minimum atomic E-state index is 0.533. The molecule has 0 aliphatic carbocycles. The van der Waals surface area contributed by atoms with Gasteiger partial charge in [-0.2, -0.15) is 4.89 Å². The molecular weight excluding hydrogens is 200 g/mol. The van der Waals surface area contributed by atoms with E-state index in [0.717, 1.165) is 24.2 Å². The van der Waals surface area contributed by atoms with Gasteiger partial charge >= 0.3 is 0 Å². The van der Waals surface area contributed by atoms with Gasteiger partial charge in [0.25, 0.3) is 0 Å². The Balaban J connectivity index is 2.38. The van der Waals surface area contributed by atoms with Gasteiger partial charge in [0.2, 0.25) is 0 Å². The molecule has 2 rings (SSSR count). The molecule has 0 fully saturated rings. The lowest BCUT2D eigenvalue weighted by molar-refractivity contribution is -0.194. The van der Waals surface area contributed by atoms with E-state index < -0.39 is 0 Å². The molecule has 14 heavy (non-hydrogen) atoms. The van der Waals surface area contributed by atoms with Crippen molar-refractivity contribution in [3.63, 3.8) is 0 Å². The van der Waals surface area contributed by atoms with E-state index in [-0.39, 0.29) is 0 Å². The van der Waals surface area contributed by atoms with Crippen molar-refractivity contribution in [1.82, 2.24) is 0 Å². The Bertz CT molecular complexity index is 336. The maximum Gasteiger partial charge on any atom is 0.171 e. The summed E-state index contributed by atoms with van der Waals surface area (Å²) < 4.78 is 0. The van der Waals surface area contributed by atoms with Crippen molar-refractivity contribution in [3.8, 4) is 5.75 Å². The topological polar surface area (TPSA) is 18.5 Å². The van der Waals surface area contributed by atoms with E-state index in [1.54, 1.807) is 0 Å². The van der Waals surface area contributed by atoms with E-state index in [1.165, 1.54) is 11.1 Å². The molecule has 0 radical (unpaired) electrons. The van der Waals surface area contributed by atoms with Crippen molar-refractivity contribution in [2.45, 2.75) is 32.3 Å². The minimum absolute atomic E-state index is 0.533. The molecule has 0 saturated carbocycles. The fourth-order valence-corrected chi connectivity index (χ4v) is 1.94. The standard InChI is InChI=1S/C11H13ClO2/c1-2-3-8-5-11-10(7-13-14-11)4-9(8)6-12/h4-5H,2-3,6-7H2,1H3. The Kier molecular flexibility index (Phi) is 2.94. The predicted molar refractivity (Wildman–Crippen MR) is 55.4 cm³/mol. The van der Waals surface area contributed by atoms with Gasteiger partial charge in [0.05, 0.1) is 0 Å². The molecule has 0 atom stereocenters. The predicted octanol–water partition coefficient (Wildman–Crippen LogP) is 3.20. The Labute approximate surface area is 88.7 Å². The molecule has 0 aromatic heterocycles. The first-order valence-electron chi connectivity index (χ1n) is 4.85. The van der Waals surface area contributed by atoms with Gasteiger partial charge in [0.15, 0.2) is 5.75 Å². The smallest absolute Gasteiger partial charge is 0.171 e. The Hall–Kier alpha value is -0.730. The zero-order chi connectivity index (χ0) is 9.97. The van der Waals surface area contributed by atoms with Gasteiger partial charge in [-0.1, -0.05) is 13.3 Å². The first-order chi connectivity index (χ1) is 6.85. The molecule has 1 aliphatic heterocycles. The molecule has 0 N–H and O–H groups in total. The summed E-state index contributed by atoms with van der Waals surface area (Å²) in [6, 6.07) is 4.13.